The van der Waals surface area contributed by atoms with Gasteiger partial charge < -0.3 is 15.4 Å². The molecule has 1 spiro atoms. The molecule has 31 heavy (non-hydrogen) atoms. The van der Waals surface area contributed by atoms with Crippen LogP contribution in [0.5, 0.6) is 0 Å². The van der Waals surface area contributed by atoms with E-state index < -0.39 is 0 Å². The fourth-order valence-corrected chi connectivity index (χ4v) is 4.67. The lowest BCUT2D eigenvalue weighted by Crippen LogP contribution is -2.56. The Morgan fingerprint density at radius 2 is 1.94 bits per heavy atom. The molecule has 2 N–H and O–H groups in total. The van der Waals surface area contributed by atoms with Gasteiger partial charge in [-0.3, -0.25) is 4.90 Å². The molecule has 0 amide bonds. The van der Waals surface area contributed by atoms with Crippen molar-refractivity contribution in [1.82, 2.24) is 24.8 Å². The molecule has 3 aromatic rings. The van der Waals surface area contributed by atoms with Gasteiger partial charge in [0.15, 0.2) is 0 Å². The molecule has 2 fully saturated rings. The highest BCUT2D eigenvalue weighted by molar-refractivity contribution is 7.98. The maximum atomic E-state index is 5.56. The molecule has 0 bridgehead atoms. The second-order valence-electron chi connectivity index (χ2n) is 8.09. The van der Waals surface area contributed by atoms with E-state index in [1.165, 1.54) is 18.3 Å². The van der Waals surface area contributed by atoms with Crippen LogP contribution in [0.1, 0.15) is 12.0 Å². The number of aromatic nitrogens is 4. The van der Waals surface area contributed by atoms with Crippen LogP contribution in [0.2, 0.25) is 0 Å². The van der Waals surface area contributed by atoms with Crippen LogP contribution >= 0.6 is 11.8 Å². The summed E-state index contributed by atoms with van der Waals surface area (Å²) in [4.78, 5) is 21.1. The first-order chi connectivity index (χ1) is 15.2. The van der Waals surface area contributed by atoms with Crippen LogP contribution in [0.4, 0.5) is 23.3 Å². The van der Waals surface area contributed by atoms with Crippen LogP contribution in [-0.4, -0.2) is 57.4 Å². The third-order valence-corrected chi connectivity index (χ3v) is 6.46. The molecule has 0 aliphatic carbocycles. The van der Waals surface area contributed by atoms with Gasteiger partial charge in [-0.1, -0.05) is 6.07 Å². The SMILES string of the molecule is CSc1cccnc1Nc1cc(Nc2ccc(CN3CC4(CCOC4)C3)cn2)ncn1. The van der Waals surface area contributed by atoms with Gasteiger partial charge in [0, 0.05) is 55.0 Å². The molecule has 5 rings (SSSR count). The van der Waals surface area contributed by atoms with Crippen molar-refractivity contribution in [2.45, 2.75) is 17.9 Å². The molecule has 2 aliphatic rings. The predicted octanol–water partition coefficient (Wildman–Crippen LogP) is 3.70. The minimum Gasteiger partial charge on any atom is -0.381 e. The average molecular weight is 436 g/mol. The quantitative estimate of drug-likeness (QED) is 0.539. The van der Waals surface area contributed by atoms with Gasteiger partial charge in [-0.05, 0) is 36.4 Å². The zero-order valence-corrected chi connectivity index (χ0v) is 18.2. The van der Waals surface area contributed by atoms with Gasteiger partial charge in [0.2, 0.25) is 0 Å². The van der Waals surface area contributed by atoms with E-state index >= 15 is 0 Å². The van der Waals surface area contributed by atoms with Gasteiger partial charge in [-0.25, -0.2) is 19.9 Å². The molecular formula is C22H25N7OS. The topological polar surface area (TPSA) is 88.1 Å². The molecule has 8 nitrogen and oxygen atoms in total. The minimum atomic E-state index is 0.416. The van der Waals surface area contributed by atoms with Gasteiger partial charge in [-0.15, -0.1) is 11.8 Å². The first-order valence-electron chi connectivity index (χ1n) is 10.3. The first-order valence-corrected chi connectivity index (χ1v) is 11.5. The molecule has 2 saturated heterocycles. The largest absolute Gasteiger partial charge is 0.381 e. The standard InChI is InChI=1S/C22H25N7OS/c1-31-17-3-2-7-23-21(17)28-20-9-19(25-15-26-20)27-18-5-4-16(10-24-18)11-29-12-22(13-29)6-8-30-14-22/h2-5,7,9-10,15H,6,8,11-14H2,1H3,(H2,23,24,25,26,27,28). The number of anilines is 4. The van der Waals surface area contributed by atoms with Crippen molar-refractivity contribution in [3.8, 4) is 0 Å². The van der Waals surface area contributed by atoms with E-state index in [1.54, 1.807) is 18.0 Å². The van der Waals surface area contributed by atoms with Crippen LogP contribution < -0.4 is 10.6 Å². The Labute approximate surface area is 185 Å². The summed E-state index contributed by atoms with van der Waals surface area (Å²) < 4.78 is 5.56. The summed E-state index contributed by atoms with van der Waals surface area (Å²) in [6.07, 6.45) is 8.42. The summed E-state index contributed by atoms with van der Waals surface area (Å²) in [6, 6.07) is 9.89. The van der Waals surface area contributed by atoms with E-state index in [1.807, 2.05) is 36.7 Å². The summed E-state index contributed by atoms with van der Waals surface area (Å²) >= 11 is 1.63. The molecular weight excluding hydrogens is 410 g/mol. The number of pyridine rings is 2. The third-order valence-electron chi connectivity index (χ3n) is 5.69. The van der Waals surface area contributed by atoms with Gasteiger partial charge in [0.25, 0.3) is 0 Å². The molecule has 0 radical (unpaired) electrons. The molecule has 3 aromatic heterocycles. The van der Waals surface area contributed by atoms with Crippen LogP contribution in [0.3, 0.4) is 0 Å². The molecule has 5 heterocycles. The van der Waals surface area contributed by atoms with E-state index in [-0.39, 0.29) is 0 Å². The van der Waals surface area contributed by atoms with Crippen molar-refractivity contribution in [3.63, 3.8) is 0 Å². The minimum absolute atomic E-state index is 0.416. The van der Waals surface area contributed by atoms with E-state index in [0.29, 0.717) is 17.1 Å². The molecule has 160 valence electrons. The van der Waals surface area contributed by atoms with Crippen molar-refractivity contribution in [1.29, 1.82) is 0 Å². The Morgan fingerprint density at radius 3 is 2.68 bits per heavy atom. The van der Waals surface area contributed by atoms with E-state index in [4.69, 9.17) is 4.74 Å². The maximum absolute atomic E-state index is 5.56. The summed E-state index contributed by atoms with van der Waals surface area (Å²) in [7, 11) is 0. The zero-order chi connectivity index (χ0) is 21.1. The fourth-order valence-electron chi connectivity index (χ4n) is 4.16. The normalized spacial score (nSPS) is 17.5. The number of rotatable bonds is 7. The molecule has 0 saturated carbocycles. The number of likely N-dealkylation sites (tertiary alicyclic amines) is 1. The second-order valence-corrected chi connectivity index (χ2v) is 8.94. The van der Waals surface area contributed by atoms with Crippen LogP contribution in [0, 0.1) is 5.41 Å². The fraction of sp³-hybridized carbons (Fsp3) is 0.364. The molecule has 2 aliphatic heterocycles. The lowest BCUT2D eigenvalue weighted by Gasteiger charge is -2.47. The Morgan fingerprint density at radius 1 is 1.06 bits per heavy atom. The van der Waals surface area contributed by atoms with Crippen molar-refractivity contribution in [2.24, 2.45) is 5.41 Å². The monoisotopic (exact) mass is 435 g/mol. The van der Waals surface area contributed by atoms with E-state index in [2.05, 4.69) is 41.5 Å². The van der Waals surface area contributed by atoms with Gasteiger partial charge in [0.1, 0.15) is 29.6 Å². The van der Waals surface area contributed by atoms with Crippen LogP contribution in [0.25, 0.3) is 0 Å². The lowest BCUT2D eigenvalue weighted by molar-refractivity contribution is -0.0124. The maximum Gasteiger partial charge on any atom is 0.145 e. The van der Waals surface area contributed by atoms with E-state index in [9.17, 15) is 0 Å². The smallest absolute Gasteiger partial charge is 0.145 e. The Kier molecular flexibility index (Phi) is 5.71. The number of hydrogen-bond donors (Lipinski definition) is 2. The Balaban J connectivity index is 1.19. The molecule has 0 aromatic carbocycles. The number of thioether (sulfide) groups is 1. The Bertz CT molecular complexity index is 1030. The number of nitrogens with one attached hydrogen (secondary N) is 2. The summed E-state index contributed by atoms with van der Waals surface area (Å²) in [5.74, 6) is 2.87. The molecule has 0 unspecified atom stereocenters. The highest BCUT2D eigenvalue weighted by Gasteiger charge is 2.45. The number of nitrogens with zero attached hydrogens (tertiary/aromatic N) is 5. The van der Waals surface area contributed by atoms with E-state index in [0.717, 1.165) is 49.4 Å². The summed E-state index contributed by atoms with van der Waals surface area (Å²) in [5.41, 5.74) is 1.63. The lowest BCUT2D eigenvalue weighted by atomic mass is 9.79. The number of hydrogen-bond acceptors (Lipinski definition) is 9. The Hall–Kier alpha value is -2.75. The van der Waals surface area contributed by atoms with Gasteiger partial charge in [-0.2, -0.15) is 0 Å². The highest BCUT2D eigenvalue weighted by Crippen LogP contribution is 2.38. The van der Waals surface area contributed by atoms with Crippen molar-refractivity contribution in [2.75, 3.05) is 43.2 Å². The summed E-state index contributed by atoms with van der Waals surface area (Å²) in [5, 5.41) is 6.50. The second kappa shape index (κ2) is 8.78. The first kappa shape index (κ1) is 20.2. The average Bonchev–Trinajstić information content (AvgIpc) is 3.26. The predicted molar refractivity (Wildman–Crippen MR) is 122 cm³/mol. The van der Waals surface area contributed by atoms with Crippen LogP contribution in [-0.2, 0) is 11.3 Å². The van der Waals surface area contributed by atoms with Crippen LogP contribution in [0.15, 0.2) is 53.9 Å². The van der Waals surface area contributed by atoms with Crippen molar-refractivity contribution >= 4 is 35.0 Å². The number of ether oxygens (including phenoxy) is 1. The van der Waals surface area contributed by atoms with Crippen molar-refractivity contribution in [3.05, 3.63) is 54.6 Å². The van der Waals surface area contributed by atoms with Gasteiger partial charge >= 0.3 is 0 Å². The summed E-state index contributed by atoms with van der Waals surface area (Å²) in [6.45, 7) is 5.00. The van der Waals surface area contributed by atoms with Crippen molar-refractivity contribution < 1.29 is 4.74 Å². The van der Waals surface area contributed by atoms with Gasteiger partial charge in [0.05, 0.1) is 6.61 Å². The highest BCUT2D eigenvalue weighted by atomic mass is 32.2. The third kappa shape index (κ3) is 4.63. The molecule has 0 atom stereocenters. The zero-order valence-electron chi connectivity index (χ0n) is 17.4. The molecule has 9 heteroatoms.